The molecule has 0 aliphatic heterocycles. The van der Waals surface area contributed by atoms with Crippen LogP contribution in [0.1, 0.15) is 58.3 Å². The van der Waals surface area contributed by atoms with Gasteiger partial charge in [0.1, 0.15) is 11.3 Å². The number of aromatic nitrogens is 1. The van der Waals surface area contributed by atoms with Crippen molar-refractivity contribution in [2.24, 2.45) is 0 Å². The van der Waals surface area contributed by atoms with Crippen LogP contribution in [0.5, 0.6) is 5.75 Å². The van der Waals surface area contributed by atoms with Crippen LogP contribution in [-0.2, 0) is 0 Å². The van der Waals surface area contributed by atoms with Gasteiger partial charge < -0.3 is 9.15 Å². The average molecular weight is 386 g/mol. The highest BCUT2D eigenvalue weighted by atomic mass is 35.5. The topological polar surface area (TPSA) is 35.3 Å². The second kappa shape index (κ2) is 10.4. The summed E-state index contributed by atoms with van der Waals surface area (Å²) in [5.41, 5.74) is 2.44. The molecule has 0 radical (unpaired) electrons. The van der Waals surface area contributed by atoms with Crippen LogP contribution >= 0.6 is 11.6 Å². The third-order valence-electron chi connectivity index (χ3n) is 4.72. The lowest BCUT2D eigenvalue weighted by atomic mass is 10.1. The highest BCUT2D eigenvalue weighted by molar-refractivity contribution is 6.31. The number of rotatable bonds is 11. The van der Waals surface area contributed by atoms with Crippen LogP contribution in [0.25, 0.3) is 22.6 Å². The van der Waals surface area contributed by atoms with Crippen molar-refractivity contribution in [1.82, 2.24) is 4.98 Å². The minimum atomic E-state index is 0.599. The molecule has 0 atom stereocenters. The van der Waals surface area contributed by atoms with E-state index >= 15 is 0 Å². The molecule has 0 unspecified atom stereocenters. The van der Waals surface area contributed by atoms with Gasteiger partial charge in [0, 0.05) is 10.6 Å². The van der Waals surface area contributed by atoms with Gasteiger partial charge in [0.15, 0.2) is 5.58 Å². The van der Waals surface area contributed by atoms with Crippen molar-refractivity contribution in [2.45, 2.75) is 58.3 Å². The summed E-state index contributed by atoms with van der Waals surface area (Å²) >= 11 is 6.01. The Bertz CT molecular complexity index is 826. The lowest BCUT2D eigenvalue weighted by Crippen LogP contribution is -1.97. The zero-order valence-electron chi connectivity index (χ0n) is 16.0. The van der Waals surface area contributed by atoms with Crippen LogP contribution in [0, 0.1) is 0 Å². The van der Waals surface area contributed by atoms with Crippen LogP contribution < -0.4 is 4.74 Å². The molecule has 0 spiro atoms. The molecule has 144 valence electrons. The SMILES string of the molecule is CCCCCCCCCCOc1ccc(-c2nc3cc(Cl)ccc3o2)cc1. The van der Waals surface area contributed by atoms with E-state index in [1.165, 1.54) is 44.9 Å². The van der Waals surface area contributed by atoms with Gasteiger partial charge in [-0.05, 0) is 48.9 Å². The van der Waals surface area contributed by atoms with Crippen LogP contribution in [0.15, 0.2) is 46.9 Å². The Kier molecular flexibility index (Phi) is 7.58. The quantitative estimate of drug-likeness (QED) is 0.317. The Balaban J connectivity index is 1.42. The number of hydrogen-bond acceptors (Lipinski definition) is 3. The van der Waals surface area contributed by atoms with E-state index < -0.39 is 0 Å². The summed E-state index contributed by atoms with van der Waals surface area (Å²) in [7, 11) is 0. The highest BCUT2D eigenvalue weighted by Crippen LogP contribution is 2.27. The predicted molar refractivity (Wildman–Crippen MR) is 113 cm³/mol. The fraction of sp³-hybridized carbons (Fsp3) is 0.435. The summed E-state index contributed by atoms with van der Waals surface area (Å²) in [5, 5.41) is 0.659. The molecule has 0 saturated carbocycles. The molecule has 0 aliphatic rings. The average Bonchev–Trinajstić information content (AvgIpc) is 3.10. The molecule has 0 amide bonds. The van der Waals surface area contributed by atoms with Crippen molar-refractivity contribution in [3.63, 3.8) is 0 Å². The van der Waals surface area contributed by atoms with Gasteiger partial charge in [-0.15, -0.1) is 0 Å². The largest absolute Gasteiger partial charge is 0.494 e. The summed E-state index contributed by atoms with van der Waals surface area (Å²) in [6, 6.07) is 13.4. The standard InChI is InChI=1S/C23H28ClNO2/c1-2-3-4-5-6-7-8-9-16-26-20-13-10-18(11-14-20)23-25-21-17-19(24)12-15-22(21)27-23/h10-15,17H,2-9,16H2,1H3. The highest BCUT2D eigenvalue weighted by Gasteiger charge is 2.08. The maximum absolute atomic E-state index is 6.01. The summed E-state index contributed by atoms with van der Waals surface area (Å²) in [4.78, 5) is 4.50. The third kappa shape index (κ3) is 6.00. The summed E-state index contributed by atoms with van der Waals surface area (Å²) in [6.45, 7) is 3.03. The normalized spacial score (nSPS) is 11.2. The first kappa shape index (κ1) is 19.8. The molecule has 2 aromatic carbocycles. The molecule has 3 nitrogen and oxygen atoms in total. The third-order valence-corrected chi connectivity index (χ3v) is 4.95. The molecule has 3 aromatic rings. The molecule has 0 fully saturated rings. The van der Waals surface area contributed by atoms with Gasteiger partial charge in [0.2, 0.25) is 5.89 Å². The van der Waals surface area contributed by atoms with E-state index in [4.69, 9.17) is 20.8 Å². The van der Waals surface area contributed by atoms with E-state index in [1.807, 2.05) is 36.4 Å². The number of hydrogen-bond donors (Lipinski definition) is 0. The molecular weight excluding hydrogens is 358 g/mol. The molecule has 0 aliphatic carbocycles. The fourth-order valence-electron chi connectivity index (χ4n) is 3.14. The lowest BCUT2D eigenvalue weighted by Gasteiger charge is -2.06. The molecule has 1 heterocycles. The number of benzene rings is 2. The van der Waals surface area contributed by atoms with E-state index in [-0.39, 0.29) is 0 Å². The van der Waals surface area contributed by atoms with Gasteiger partial charge in [-0.2, -0.15) is 0 Å². The Morgan fingerprint density at radius 1 is 0.889 bits per heavy atom. The summed E-state index contributed by atoms with van der Waals surface area (Å²) in [5.74, 6) is 1.49. The van der Waals surface area contributed by atoms with Crippen molar-refractivity contribution in [1.29, 1.82) is 0 Å². The second-order valence-corrected chi connectivity index (χ2v) is 7.42. The first-order valence-electron chi connectivity index (χ1n) is 10.1. The first-order chi connectivity index (χ1) is 13.3. The molecule has 4 heteroatoms. The monoisotopic (exact) mass is 385 g/mol. The van der Waals surface area contributed by atoms with Crippen LogP contribution in [0.2, 0.25) is 5.02 Å². The molecule has 1 aromatic heterocycles. The van der Waals surface area contributed by atoms with E-state index in [0.717, 1.165) is 35.4 Å². The minimum absolute atomic E-state index is 0.599. The van der Waals surface area contributed by atoms with E-state index in [2.05, 4.69) is 11.9 Å². The Hall–Kier alpha value is -2.00. The number of fused-ring (bicyclic) bond motifs is 1. The summed E-state index contributed by atoms with van der Waals surface area (Å²) in [6.07, 6.45) is 10.5. The number of unbranched alkanes of at least 4 members (excludes halogenated alkanes) is 7. The van der Waals surface area contributed by atoms with Crippen LogP contribution in [-0.4, -0.2) is 11.6 Å². The number of halogens is 1. The molecule has 3 rings (SSSR count). The van der Waals surface area contributed by atoms with E-state index in [1.54, 1.807) is 6.07 Å². The lowest BCUT2D eigenvalue weighted by molar-refractivity contribution is 0.304. The van der Waals surface area contributed by atoms with Crippen molar-refractivity contribution in [3.8, 4) is 17.2 Å². The van der Waals surface area contributed by atoms with Gasteiger partial charge in [0.25, 0.3) is 0 Å². The van der Waals surface area contributed by atoms with Gasteiger partial charge in [0.05, 0.1) is 6.61 Å². The molecular formula is C23H28ClNO2. The maximum Gasteiger partial charge on any atom is 0.227 e. The molecule has 0 saturated heterocycles. The first-order valence-corrected chi connectivity index (χ1v) is 10.4. The Morgan fingerprint density at radius 3 is 2.33 bits per heavy atom. The van der Waals surface area contributed by atoms with Crippen molar-refractivity contribution < 1.29 is 9.15 Å². The van der Waals surface area contributed by atoms with Crippen molar-refractivity contribution >= 4 is 22.7 Å². The molecule has 27 heavy (non-hydrogen) atoms. The maximum atomic E-state index is 6.01. The number of ether oxygens (including phenoxy) is 1. The number of nitrogens with zero attached hydrogens (tertiary/aromatic N) is 1. The number of oxazole rings is 1. The van der Waals surface area contributed by atoms with Crippen LogP contribution in [0.3, 0.4) is 0 Å². The van der Waals surface area contributed by atoms with Gasteiger partial charge >= 0.3 is 0 Å². The van der Waals surface area contributed by atoms with Gasteiger partial charge in [-0.1, -0.05) is 63.5 Å². The Labute approximate surface area is 166 Å². The van der Waals surface area contributed by atoms with E-state index in [9.17, 15) is 0 Å². The molecule has 0 N–H and O–H groups in total. The molecule has 0 bridgehead atoms. The fourth-order valence-corrected chi connectivity index (χ4v) is 3.31. The zero-order valence-corrected chi connectivity index (χ0v) is 16.8. The van der Waals surface area contributed by atoms with Gasteiger partial charge in [-0.3, -0.25) is 0 Å². The summed E-state index contributed by atoms with van der Waals surface area (Å²) < 4.78 is 11.6. The minimum Gasteiger partial charge on any atom is -0.494 e. The second-order valence-electron chi connectivity index (χ2n) is 6.98. The Morgan fingerprint density at radius 2 is 1.59 bits per heavy atom. The smallest absolute Gasteiger partial charge is 0.227 e. The zero-order chi connectivity index (χ0) is 18.9. The predicted octanol–water partition coefficient (Wildman–Crippen LogP) is 7.67. The van der Waals surface area contributed by atoms with Crippen LogP contribution in [0.4, 0.5) is 0 Å². The van der Waals surface area contributed by atoms with Crippen molar-refractivity contribution in [3.05, 3.63) is 47.5 Å². The van der Waals surface area contributed by atoms with Gasteiger partial charge in [-0.25, -0.2) is 4.98 Å². The van der Waals surface area contributed by atoms with Crippen molar-refractivity contribution in [2.75, 3.05) is 6.61 Å². The van der Waals surface area contributed by atoms with E-state index in [0.29, 0.717) is 10.9 Å².